The first-order valence-corrected chi connectivity index (χ1v) is 5.36. The minimum atomic E-state index is -3.13. The van der Waals surface area contributed by atoms with E-state index in [1.807, 2.05) is 0 Å². The molecule has 0 saturated heterocycles. The number of esters is 1. The second kappa shape index (κ2) is 6.11. The number of carbonyl (C=O) groups excluding carboxylic acids is 1. The van der Waals surface area contributed by atoms with E-state index in [0.717, 1.165) is 0 Å². The fraction of sp³-hybridized carbons (Fsp3) is 0.909. The molecule has 0 aromatic heterocycles. The highest BCUT2D eigenvalue weighted by Gasteiger charge is 2.34. The number of ether oxygens (including phenoxy) is 1. The largest absolute Gasteiger partial charge is 0.459 e. The van der Waals surface area contributed by atoms with E-state index in [9.17, 15) is 18.0 Å². The van der Waals surface area contributed by atoms with E-state index >= 15 is 0 Å². The summed E-state index contributed by atoms with van der Waals surface area (Å²) in [7, 11) is 0. The summed E-state index contributed by atoms with van der Waals surface area (Å²) in [5, 5.41) is 0. The summed E-state index contributed by atoms with van der Waals surface area (Å²) in [5.74, 6) is -3.78. The smallest absolute Gasteiger partial charge is 0.311 e. The lowest BCUT2D eigenvalue weighted by atomic mass is 9.91. The Labute approximate surface area is 94.2 Å². The van der Waals surface area contributed by atoms with Gasteiger partial charge < -0.3 is 4.74 Å². The second-order valence-corrected chi connectivity index (χ2v) is 4.46. The number of hydrogen-bond donors (Lipinski definition) is 0. The van der Waals surface area contributed by atoms with E-state index in [4.69, 9.17) is 0 Å². The third kappa shape index (κ3) is 5.37. The maximum Gasteiger partial charge on any atom is 0.311 e. The molecule has 0 aliphatic rings. The van der Waals surface area contributed by atoms with Crippen LogP contribution in [-0.4, -0.2) is 25.2 Å². The maximum atomic E-state index is 13.0. The van der Waals surface area contributed by atoms with Crippen molar-refractivity contribution in [2.75, 3.05) is 13.3 Å². The van der Waals surface area contributed by atoms with Gasteiger partial charge in [0.25, 0.3) is 5.92 Å². The zero-order valence-electron chi connectivity index (χ0n) is 9.99. The highest BCUT2D eigenvalue weighted by molar-refractivity contribution is 5.75. The first kappa shape index (κ1) is 15.3. The third-order valence-electron chi connectivity index (χ3n) is 2.53. The van der Waals surface area contributed by atoms with Gasteiger partial charge in [0.15, 0.2) is 6.61 Å². The summed E-state index contributed by atoms with van der Waals surface area (Å²) in [6, 6.07) is 0. The molecule has 0 N–H and O–H groups in total. The Kier molecular flexibility index (Phi) is 5.83. The Morgan fingerprint density at radius 2 is 1.88 bits per heavy atom. The van der Waals surface area contributed by atoms with Gasteiger partial charge in [-0.3, -0.25) is 9.18 Å². The molecule has 0 aromatic rings. The minimum Gasteiger partial charge on any atom is -0.459 e. The fourth-order valence-corrected chi connectivity index (χ4v) is 0.908. The zero-order valence-corrected chi connectivity index (χ0v) is 9.99. The molecule has 0 fully saturated rings. The van der Waals surface area contributed by atoms with Crippen molar-refractivity contribution < 1.29 is 22.7 Å². The van der Waals surface area contributed by atoms with Crippen molar-refractivity contribution in [3.8, 4) is 0 Å². The molecule has 0 bridgehead atoms. The SMILES string of the molecule is CCC(C)(C)C(=O)OCC(F)(F)CCCF. The summed E-state index contributed by atoms with van der Waals surface area (Å²) in [4.78, 5) is 11.4. The Morgan fingerprint density at radius 1 is 1.31 bits per heavy atom. The predicted octanol–water partition coefficient (Wildman–Crippen LogP) is 3.35. The molecular weight excluding hydrogens is 221 g/mol. The molecule has 0 aliphatic carbocycles. The van der Waals surface area contributed by atoms with Crippen LogP contribution in [0.2, 0.25) is 0 Å². The molecule has 0 radical (unpaired) electrons. The number of carbonyl (C=O) groups is 1. The van der Waals surface area contributed by atoms with Crippen molar-refractivity contribution in [1.82, 2.24) is 0 Å². The van der Waals surface area contributed by atoms with Gasteiger partial charge in [-0.2, -0.15) is 0 Å². The third-order valence-corrected chi connectivity index (χ3v) is 2.53. The molecule has 0 aliphatic heterocycles. The van der Waals surface area contributed by atoms with E-state index in [1.54, 1.807) is 20.8 Å². The van der Waals surface area contributed by atoms with Crippen LogP contribution >= 0.6 is 0 Å². The van der Waals surface area contributed by atoms with Crippen LogP contribution in [0.25, 0.3) is 0 Å². The normalized spacial score (nSPS) is 12.6. The maximum absolute atomic E-state index is 13.0. The molecule has 0 heterocycles. The highest BCUT2D eigenvalue weighted by Crippen LogP contribution is 2.25. The van der Waals surface area contributed by atoms with Crippen LogP contribution < -0.4 is 0 Å². The molecular formula is C11H19F3O2. The minimum absolute atomic E-state index is 0.221. The quantitative estimate of drug-likeness (QED) is 0.638. The molecule has 5 heteroatoms. The lowest BCUT2D eigenvalue weighted by molar-refractivity contribution is -0.166. The predicted molar refractivity (Wildman–Crippen MR) is 55.2 cm³/mol. The lowest BCUT2D eigenvalue weighted by Gasteiger charge is -2.22. The van der Waals surface area contributed by atoms with Crippen molar-refractivity contribution in [2.45, 2.75) is 46.0 Å². The molecule has 2 nitrogen and oxygen atoms in total. The van der Waals surface area contributed by atoms with Gasteiger partial charge in [-0.05, 0) is 26.7 Å². The van der Waals surface area contributed by atoms with Gasteiger partial charge in [0.05, 0.1) is 12.1 Å². The molecule has 0 atom stereocenters. The Bertz CT molecular complexity index is 227. The lowest BCUT2D eigenvalue weighted by Crippen LogP contribution is -2.32. The molecule has 0 unspecified atom stereocenters. The molecule has 0 amide bonds. The molecule has 0 aromatic carbocycles. The van der Waals surface area contributed by atoms with Crippen LogP contribution in [0.4, 0.5) is 13.2 Å². The molecule has 96 valence electrons. The van der Waals surface area contributed by atoms with Crippen LogP contribution in [0, 0.1) is 5.41 Å². The van der Waals surface area contributed by atoms with Crippen molar-refractivity contribution in [3.63, 3.8) is 0 Å². The van der Waals surface area contributed by atoms with Crippen molar-refractivity contribution in [3.05, 3.63) is 0 Å². The van der Waals surface area contributed by atoms with Crippen LogP contribution in [0.3, 0.4) is 0 Å². The van der Waals surface area contributed by atoms with Gasteiger partial charge in [0, 0.05) is 6.42 Å². The summed E-state index contributed by atoms with van der Waals surface area (Å²) in [6.07, 6.45) is -0.299. The van der Waals surface area contributed by atoms with E-state index in [1.165, 1.54) is 0 Å². The van der Waals surface area contributed by atoms with Crippen LogP contribution in [0.15, 0.2) is 0 Å². The standard InChI is InChI=1S/C11H19F3O2/c1-4-10(2,3)9(15)16-8-11(13,14)6-5-7-12/h4-8H2,1-3H3. The first-order chi connectivity index (χ1) is 7.25. The number of alkyl halides is 3. The van der Waals surface area contributed by atoms with Crippen LogP contribution in [0.1, 0.15) is 40.0 Å². The van der Waals surface area contributed by atoms with Gasteiger partial charge >= 0.3 is 5.97 Å². The van der Waals surface area contributed by atoms with E-state index in [-0.39, 0.29) is 6.42 Å². The van der Waals surface area contributed by atoms with Gasteiger partial charge in [-0.1, -0.05) is 6.92 Å². The number of hydrogen-bond acceptors (Lipinski definition) is 2. The number of halogens is 3. The molecule has 16 heavy (non-hydrogen) atoms. The topological polar surface area (TPSA) is 26.3 Å². The molecule has 0 saturated carbocycles. The Balaban J connectivity index is 4.09. The van der Waals surface area contributed by atoms with E-state index < -0.39 is 37.0 Å². The van der Waals surface area contributed by atoms with Crippen LogP contribution in [0.5, 0.6) is 0 Å². The Morgan fingerprint density at radius 3 is 2.31 bits per heavy atom. The van der Waals surface area contributed by atoms with E-state index in [2.05, 4.69) is 4.74 Å². The van der Waals surface area contributed by atoms with Crippen LogP contribution in [-0.2, 0) is 9.53 Å². The summed E-state index contributed by atoms with van der Waals surface area (Å²) in [5.41, 5.74) is -0.754. The average molecular weight is 240 g/mol. The summed E-state index contributed by atoms with van der Waals surface area (Å²) < 4.78 is 42.3. The van der Waals surface area contributed by atoms with Gasteiger partial charge in [0.2, 0.25) is 0 Å². The van der Waals surface area contributed by atoms with Crippen molar-refractivity contribution in [1.29, 1.82) is 0 Å². The van der Waals surface area contributed by atoms with Crippen molar-refractivity contribution >= 4 is 5.97 Å². The van der Waals surface area contributed by atoms with Crippen molar-refractivity contribution in [2.24, 2.45) is 5.41 Å². The van der Waals surface area contributed by atoms with Gasteiger partial charge in [0.1, 0.15) is 0 Å². The zero-order chi connectivity index (χ0) is 12.8. The second-order valence-electron chi connectivity index (χ2n) is 4.46. The summed E-state index contributed by atoms with van der Waals surface area (Å²) >= 11 is 0. The monoisotopic (exact) mass is 240 g/mol. The highest BCUT2D eigenvalue weighted by atomic mass is 19.3. The molecule has 0 spiro atoms. The van der Waals surface area contributed by atoms with Gasteiger partial charge in [-0.15, -0.1) is 0 Å². The first-order valence-electron chi connectivity index (χ1n) is 5.36. The van der Waals surface area contributed by atoms with Gasteiger partial charge in [-0.25, -0.2) is 8.78 Å². The Hall–Kier alpha value is -0.740. The fourth-order valence-electron chi connectivity index (χ4n) is 0.908. The number of rotatable bonds is 7. The molecule has 0 rings (SSSR count). The average Bonchev–Trinajstić information content (AvgIpc) is 2.23. The van der Waals surface area contributed by atoms with E-state index in [0.29, 0.717) is 6.42 Å². The summed E-state index contributed by atoms with van der Waals surface area (Å²) in [6.45, 7) is 3.30.